The van der Waals surface area contributed by atoms with Gasteiger partial charge in [-0.25, -0.2) is 9.97 Å². The summed E-state index contributed by atoms with van der Waals surface area (Å²) in [4.78, 5) is 8.72. The molecule has 0 amide bonds. The number of hydrogen-bond acceptors (Lipinski definition) is 3. The van der Waals surface area contributed by atoms with Crippen molar-refractivity contribution in [1.82, 2.24) is 15.3 Å². The number of nitrogens with zero attached hydrogens (tertiary/aromatic N) is 2. The fourth-order valence-corrected chi connectivity index (χ4v) is 2.39. The van der Waals surface area contributed by atoms with Crippen molar-refractivity contribution >= 4 is 10.9 Å². The number of nitrogens with one attached hydrogen (secondary N) is 1. The monoisotopic (exact) mass is 213 g/mol. The van der Waals surface area contributed by atoms with Gasteiger partial charge in [-0.1, -0.05) is 18.2 Å². The van der Waals surface area contributed by atoms with Crippen molar-refractivity contribution in [1.29, 1.82) is 0 Å². The molecule has 3 nitrogen and oxygen atoms in total. The van der Waals surface area contributed by atoms with Gasteiger partial charge in [0.05, 0.1) is 11.2 Å². The SMILES string of the molecule is c1ccc2c(CC3CCNC3)ncnc2c1. The van der Waals surface area contributed by atoms with Gasteiger partial charge in [-0.15, -0.1) is 0 Å². The number of aromatic nitrogens is 2. The third-order valence-electron chi connectivity index (χ3n) is 3.27. The first-order chi connectivity index (χ1) is 7.93. The second-order valence-corrected chi connectivity index (χ2v) is 4.40. The van der Waals surface area contributed by atoms with Crippen LogP contribution in [0, 0.1) is 5.92 Å². The van der Waals surface area contributed by atoms with Crippen molar-refractivity contribution in [2.24, 2.45) is 5.92 Å². The number of fused-ring (bicyclic) bond motifs is 1. The maximum atomic E-state index is 4.43. The van der Waals surface area contributed by atoms with E-state index in [9.17, 15) is 0 Å². The van der Waals surface area contributed by atoms with Gasteiger partial charge in [-0.3, -0.25) is 0 Å². The lowest BCUT2D eigenvalue weighted by Gasteiger charge is -2.09. The Morgan fingerprint density at radius 1 is 1.25 bits per heavy atom. The minimum atomic E-state index is 0.735. The smallest absolute Gasteiger partial charge is 0.116 e. The van der Waals surface area contributed by atoms with Crippen LogP contribution in [0.25, 0.3) is 10.9 Å². The molecule has 16 heavy (non-hydrogen) atoms. The quantitative estimate of drug-likeness (QED) is 0.826. The predicted molar refractivity (Wildman–Crippen MR) is 64.2 cm³/mol. The van der Waals surface area contributed by atoms with Crippen LogP contribution in [0.2, 0.25) is 0 Å². The minimum absolute atomic E-state index is 0.735. The predicted octanol–water partition coefficient (Wildman–Crippen LogP) is 1.78. The molecule has 1 fully saturated rings. The first kappa shape index (κ1) is 9.73. The molecular weight excluding hydrogens is 198 g/mol. The number of rotatable bonds is 2. The van der Waals surface area contributed by atoms with Crippen LogP contribution in [0.15, 0.2) is 30.6 Å². The lowest BCUT2D eigenvalue weighted by molar-refractivity contribution is 0.574. The van der Waals surface area contributed by atoms with E-state index in [4.69, 9.17) is 0 Å². The molecule has 1 saturated heterocycles. The molecule has 0 radical (unpaired) electrons. The molecule has 1 aliphatic rings. The van der Waals surface area contributed by atoms with Gasteiger partial charge in [0.2, 0.25) is 0 Å². The summed E-state index contributed by atoms with van der Waals surface area (Å²) in [5, 5.41) is 4.60. The summed E-state index contributed by atoms with van der Waals surface area (Å²) in [5.41, 5.74) is 2.25. The standard InChI is InChI=1S/C13H15N3/c1-2-4-12-11(3-1)13(16-9-15-12)7-10-5-6-14-8-10/h1-4,9-10,14H,5-8H2. The lowest BCUT2D eigenvalue weighted by atomic mass is 10.00. The summed E-state index contributed by atoms with van der Waals surface area (Å²) >= 11 is 0. The van der Waals surface area contributed by atoms with Gasteiger partial charge in [0, 0.05) is 5.39 Å². The van der Waals surface area contributed by atoms with Crippen molar-refractivity contribution in [3.8, 4) is 0 Å². The van der Waals surface area contributed by atoms with E-state index in [2.05, 4.69) is 27.4 Å². The van der Waals surface area contributed by atoms with Crippen LogP contribution < -0.4 is 5.32 Å². The van der Waals surface area contributed by atoms with E-state index in [1.165, 1.54) is 17.5 Å². The summed E-state index contributed by atoms with van der Waals surface area (Å²) < 4.78 is 0. The van der Waals surface area contributed by atoms with Crippen molar-refractivity contribution < 1.29 is 0 Å². The molecule has 1 unspecified atom stereocenters. The van der Waals surface area contributed by atoms with Crippen LogP contribution in [0.3, 0.4) is 0 Å². The van der Waals surface area contributed by atoms with E-state index >= 15 is 0 Å². The second kappa shape index (κ2) is 4.18. The van der Waals surface area contributed by atoms with Gasteiger partial charge < -0.3 is 5.32 Å². The first-order valence-electron chi connectivity index (χ1n) is 5.83. The van der Waals surface area contributed by atoms with E-state index < -0.39 is 0 Å². The van der Waals surface area contributed by atoms with E-state index in [1.54, 1.807) is 6.33 Å². The summed E-state index contributed by atoms with van der Waals surface area (Å²) in [5.74, 6) is 0.735. The van der Waals surface area contributed by atoms with Gasteiger partial charge in [0.15, 0.2) is 0 Å². The van der Waals surface area contributed by atoms with Gasteiger partial charge >= 0.3 is 0 Å². The fourth-order valence-electron chi connectivity index (χ4n) is 2.39. The molecular formula is C13H15N3. The molecule has 0 aliphatic carbocycles. The fraction of sp³-hybridized carbons (Fsp3) is 0.385. The highest BCUT2D eigenvalue weighted by Gasteiger charge is 2.16. The van der Waals surface area contributed by atoms with Crippen molar-refractivity contribution in [2.75, 3.05) is 13.1 Å². The molecule has 2 aromatic rings. The molecule has 3 rings (SSSR count). The maximum Gasteiger partial charge on any atom is 0.116 e. The Kier molecular flexibility index (Phi) is 2.54. The Bertz CT molecular complexity index is 484. The first-order valence-corrected chi connectivity index (χ1v) is 5.83. The van der Waals surface area contributed by atoms with Gasteiger partial charge in [-0.2, -0.15) is 0 Å². The zero-order valence-corrected chi connectivity index (χ0v) is 9.19. The van der Waals surface area contributed by atoms with Crippen molar-refractivity contribution in [2.45, 2.75) is 12.8 Å². The second-order valence-electron chi connectivity index (χ2n) is 4.40. The number of hydrogen-bond donors (Lipinski definition) is 1. The Morgan fingerprint density at radius 3 is 3.06 bits per heavy atom. The third kappa shape index (κ3) is 1.78. The van der Waals surface area contributed by atoms with Crippen LogP contribution in [-0.4, -0.2) is 23.1 Å². The summed E-state index contributed by atoms with van der Waals surface area (Å²) in [6.45, 7) is 2.27. The molecule has 2 heterocycles. The van der Waals surface area contributed by atoms with E-state index in [0.29, 0.717) is 0 Å². The Hall–Kier alpha value is -1.48. The van der Waals surface area contributed by atoms with E-state index in [1.807, 2.05) is 12.1 Å². The van der Waals surface area contributed by atoms with Gasteiger partial charge in [-0.05, 0) is 37.9 Å². The molecule has 3 heteroatoms. The Labute approximate surface area is 94.9 Å². The largest absolute Gasteiger partial charge is 0.316 e. The van der Waals surface area contributed by atoms with Crippen LogP contribution in [-0.2, 0) is 6.42 Å². The topological polar surface area (TPSA) is 37.8 Å². The van der Waals surface area contributed by atoms with Crippen LogP contribution in [0.5, 0.6) is 0 Å². The normalized spacial score (nSPS) is 20.4. The maximum absolute atomic E-state index is 4.43. The summed E-state index contributed by atoms with van der Waals surface area (Å²) in [7, 11) is 0. The highest BCUT2D eigenvalue weighted by atomic mass is 14.9. The molecule has 0 saturated carbocycles. The average Bonchev–Trinajstić information content (AvgIpc) is 2.82. The Morgan fingerprint density at radius 2 is 2.19 bits per heavy atom. The summed E-state index contributed by atoms with van der Waals surface area (Å²) in [6.07, 6.45) is 4.01. The molecule has 1 aliphatic heterocycles. The van der Waals surface area contributed by atoms with Crippen LogP contribution in [0.4, 0.5) is 0 Å². The molecule has 82 valence electrons. The zero-order valence-electron chi connectivity index (χ0n) is 9.19. The number of para-hydroxylation sites is 1. The van der Waals surface area contributed by atoms with E-state index in [-0.39, 0.29) is 0 Å². The van der Waals surface area contributed by atoms with Crippen molar-refractivity contribution in [3.05, 3.63) is 36.3 Å². The molecule has 0 spiro atoms. The zero-order chi connectivity index (χ0) is 10.8. The van der Waals surface area contributed by atoms with Gasteiger partial charge in [0.25, 0.3) is 0 Å². The molecule has 1 aromatic carbocycles. The Balaban J connectivity index is 1.96. The van der Waals surface area contributed by atoms with Crippen molar-refractivity contribution in [3.63, 3.8) is 0 Å². The molecule has 1 N–H and O–H groups in total. The summed E-state index contributed by atoms with van der Waals surface area (Å²) in [6, 6.07) is 8.25. The third-order valence-corrected chi connectivity index (χ3v) is 3.27. The lowest BCUT2D eigenvalue weighted by Crippen LogP contribution is -2.11. The van der Waals surface area contributed by atoms with E-state index in [0.717, 1.165) is 30.9 Å². The van der Waals surface area contributed by atoms with Crippen LogP contribution in [0.1, 0.15) is 12.1 Å². The number of benzene rings is 1. The molecule has 0 bridgehead atoms. The molecule has 1 atom stereocenters. The average molecular weight is 213 g/mol. The minimum Gasteiger partial charge on any atom is -0.316 e. The highest BCUT2D eigenvalue weighted by molar-refractivity contribution is 5.80. The highest BCUT2D eigenvalue weighted by Crippen LogP contribution is 2.19. The van der Waals surface area contributed by atoms with Gasteiger partial charge in [0.1, 0.15) is 6.33 Å². The van der Waals surface area contributed by atoms with Crippen LogP contribution >= 0.6 is 0 Å². The molecule has 1 aromatic heterocycles.